The van der Waals surface area contributed by atoms with Crippen molar-refractivity contribution in [3.8, 4) is 0 Å². The van der Waals surface area contributed by atoms with E-state index in [0.29, 0.717) is 18.1 Å². The molecule has 3 aliphatic rings. The van der Waals surface area contributed by atoms with Crippen LogP contribution in [-0.2, 0) is 4.79 Å². The van der Waals surface area contributed by atoms with Crippen molar-refractivity contribution in [3.63, 3.8) is 0 Å². The first-order chi connectivity index (χ1) is 10.2. The highest BCUT2D eigenvalue weighted by Crippen LogP contribution is 2.67. The Labute approximate surface area is 134 Å². The molecule has 3 fully saturated rings. The van der Waals surface area contributed by atoms with Gasteiger partial charge in [0.05, 0.1) is 12.7 Å². The predicted octanol–water partition coefficient (Wildman–Crippen LogP) is 3.18. The average molecular weight is 308 g/mol. The van der Waals surface area contributed by atoms with Crippen LogP contribution in [0.2, 0.25) is 0 Å². The summed E-state index contributed by atoms with van der Waals surface area (Å²) in [6, 6.07) is 0. The van der Waals surface area contributed by atoms with Gasteiger partial charge in [0.2, 0.25) is 0 Å². The normalized spacial score (nSPS) is 55.5. The molecule has 3 nitrogen and oxygen atoms in total. The van der Waals surface area contributed by atoms with Crippen molar-refractivity contribution >= 4 is 5.78 Å². The molecule has 0 aliphatic heterocycles. The Hall–Kier alpha value is -0.410. The van der Waals surface area contributed by atoms with E-state index < -0.39 is 11.5 Å². The van der Waals surface area contributed by atoms with Crippen LogP contribution in [0.4, 0.5) is 0 Å². The summed E-state index contributed by atoms with van der Waals surface area (Å²) in [6.45, 7) is 8.78. The van der Waals surface area contributed by atoms with Gasteiger partial charge in [0.25, 0.3) is 0 Å². The third-order valence-corrected chi connectivity index (χ3v) is 8.25. The van der Waals surface area contributed by atoms with Gasteiger partial charge in [0.1, 0.15) is 5.78 Å². The number of aliphatic hydroxyl groups is 2. The molecule has 0 saturated heterocycles. The monoisotopic (exact) mass is 308 g/mol. The lowest BCUT2D eigenvalue weighted by atomic mass is 9.44. The molecular formula is C19H32O3. The molecule has 3 saturated carbocycles. The molecule has 22 heavy (non-hydrogen) atoms. The van der Waals surface area contributed by atoms with E-state index in [4.69, 9.17) is 0 Å². The van der Waals surface area contributed by atoms with Gasteiger partial charge in [-0.3, -0.25) is 4.79 Å². The van der Waals surface area contributed by atoms with E-state index in [2.05, 4.69) is 20.8 Å². The maximum atomic E-state index is 12.8. The number of hydrogen-bond donors (Lipinski definition) is 2. The maximum absolute atomic E-state index is 12.8. The van der Waals surface area contributed by atoms with Crippen molar-refractivity contribution in [1.29, 1.82) is 0 Å². The molecule has 0 aromatic carbocycles. The van der Waals surface area contributed by atoms with Crippen LogP contribution in [-0.4, -0.2) is 28.7 Å². The van der Waals surface area contributed by atoms with Gasteiger partial charge in [-0.25, -0.2) is 0 Å². The highest BCUT2D eigenvalue weighted by Gasteiger charge is 2.64. The van der Waals surface area contributed by atoms with Gasteiger partial charge in [0, 0.05) is 17.8 Å². The van der Waals surface area contributed by atoms with Crippen molar-refractivity contribution in [1.82, 2.24) is 0 Å². The van der Waals surface area contributed by atoms with Gasteiger partial charge in [-0.05, 0) is 54.8 Å². The second kappa shape index (κ2) is 5.04. The van der Waals surface area contributed by atoms with Crippen molar-refractivity contribution in [2.45, 2.75) is 72.3 Å². The Morgan fingerprint density at radius 1 is 1.14 bits per heavy atom. The Kier molecular flexibility index (Phi) is 3.77. The molecule has 0 unspecified atom stereocenters. The standard InChI is InChI=1S/C19H32O3/c1-12-5-7-19-8-6-14(21)15(19)18(12,4)10-9-17(3,11-20)16(22)13(19)2/h12-13,15-16,20,22H,5-11H2,1-4H3/t12-,13+,15+,16+,17+,18-,19+/m1/s1. The first-order valence-corrected chi connectivity index (χ1v) is 9.03. The minimum atomic E-state index is -0.524. The van der Waals surface area contributed by atoms with Crippen LogP contribution in [0.15, 0.2) is 0 Å². The van der Waals surface area contributed by atoms with Crippen molar-refractivity contribution in [2.75, 3.05) is 6.61 Å². The van der Waals surface area contributed by atoms with Crippen LogP contribution in [0, 0.1) is 34.0 Å². The minimum Gasteiger partial charge on any atom is -0.396 e. The number of Topliss-reactive ketones (excluding diaryl/α,β-unsaturated/α-hetero) is 1. The Bertz CT molecular complexity index is 475. The number of rotatable bonds is 1. The van der Waals surface area contributed by atoms with Crippen LogP contribution in [0.5, 0.6) is 0 Å². The van der Waals surface area contributed by atoms with Crippen molar-refractivity contribution in [3.05, 3.63) is 0 Å². The molecule has 0 spiro atoms. The largest absolute Gasteiger partial charge is 0.396 e. The molecule has 126 valence electrons. The summed E-state index contributed by atoms with van der Waals surface area (Å²) in [6.07, 6.45) is 5.04. The molecular weight excluding hydrogens is 276 g/mol. The summed E-state index contributed by atoms with van der Waals surface area (Å²) in [7, 11) is 0. The lowest BCUT2D eigenvalue weighted by Gasteiger charge is -2.60. The van der Waals surface area contributed by atoms with Crippen molar-refractivity contribution < 1.29 is 15.0 Å². The van der Waals surface area contributed by atoms with E-state index in [0.717, 1.165) is 32.1 Å². The van der Waals surface area contributed by atoms with Gasteiger partial charge in [-0.15, -0.1) is 0 Å². The number of aliphatic hydroxyl groups excluding tert-OH is 2. The predicted molar refractivity (Wildman–Crippen MR) is 86.3 cm³/mol. The first kappa shape index (κ1) is 16.4. The zero-order valence-electron chi connectivity index (χ0n) is 14.6. The van der Waals surface area contributed by atoms with Gasteiger partial charge < -0.3 is 10.2 Å². The second-order valence-electron chi connectivity index (χ2n) is 9.12. The summed E-state index contributed by atoms with van der Waals surface area (Å²) >= 11 is 0. The van der Waals surface area contributed by atoms with E-state index in [1.165, 1.54) is 0 Å². The third-order valence-electron chi connectivity index (χ3n) is 8.25. The molecule has 0 aromatic heterocycles. The number of carbonyl (C=O) groups is 1. The Balaban J connectivity index is 2.13. The SMILES string of the molecule is C[C@@H]1CC[C@@]23CCC(=O)[C@H]2[C@]1(C)CC[C@@](C)(CO)[C@@H](O)[C@@H]3C. The zero-order chi connectivity index (χ0) is 16.3. The summed E-state index contributed by atoms with van der Waals surface area (Å²) in [5, 5.41) is 21.0. The Morgan fingerprint density at radius 2 is 1.82 bits per heavy atom. The van der Waals surface area contributed by atoms with Gasteiger partial charge in [-0.1, -0.05) is 27.7 Å². The van der Waals surface area contributed by atoms with Crippen molar-refractivity contribution in [2.24, 2.45) is 34.0 Å². The van der Waals surface area contributed by atoms with Gasteiger partial charge in [-0.2, -0.15) is 0 Å². The van der Waals surface area contributed by atoms with Crippen LogP contribution in [0.3, 0.4) is 0 Å². The van der Waals surface area contributed by atoms with E-state index >= 15 is 0 Å². The smallest absolute Gasteiger partial charge is 0.137 e. The number of carbonyl (C=O) groups excluding carboxylic acids is 1. The Morgan fingerprint density at radius 3 is 2.45 bits per heavy atom. The fourth-order valence-electron chi connectivity index (χ4n) is 6.26. The minimum absolute atomic E-state index is 0.0245. The number of ketones is 1. The lowest BCUT2D eigenvalue weighted by molar-refractivity contribution is -0.169. The molecule has 0 radical (unpaired) electrons. The molecule has 0 aromatic rings. The first-order valence-electron chi connectivity index (χ1n) is 9.03. The molecule has 3 rings (SSSR count). The summed E-state index contributed by atoms with van der Waals surface area (Å²) in [4.78, 5) is 12.8. The fraction of sp³-hybridized carbons (Fsp3) is 0.947. The van der Waals surface area contributed by atoms with Crippen LogP contribution < -0.4 is 0 Å². The van der Waals surface area contributed by atoms with Gasteiger partial charge in [0.15, 0.2) is 0 Å². The lowest BCUT2D eigenvalue weighted by Crippen LogP contribution is -2.58. The summed E-state index contributed by atoms with van der Waals surface area (Å²) in [5.74, 6) is 1.16. The zero-order valence-corrected chi connectivity index (χ0v) is 14.6. The topological polar surface area (TPSA) is 57.5 Å². The van der Waals surface area contributed by atoms with Gasteiger partial charge >= 0.3 is 0 Å². The van der Waals surface area contributed by atoms with Crippen LogP contribution in [0.25, 0.3) is 0 Å². The average Bonchev–Trinajstić information content (AvgIpc) is 2.86. The van der Waals surface area contributed by atoms with E-state index in [1.54, 1.807) is 0 Å². The quantitative estimate of drug-likeness (QED) is 0.782. The van der Waals surface area contributed by atoms with Crippen LogP contribution >= 0.6 is 0 Å². The van der Waals surface area contributed by atoms with E-state index in [9.17, 15) is 15.0 Å². The molecule has 0 amide bonds. The highest BCUT2D eigenvalue weighted by atomic mass is 16.3. The summed E-state index contributed by atoms with van der Waals surface area (Å²) in [5.41, 5.74) is -0.466. The molecule has 3 aliphatic carbocycles. The molecule has 2 N–H and O–H groups in total. The molecule has 3 heteroatoms. The molecule has 0 heterocycles. The summed E-state index contributed by atoms with van der Waals surface area (Å²) < 4.78 is 0. The highest BCUT2D eigenvalue weighted by molar-refractivity contribution is 5.85. The van der Waals surface area contributed by atoms with Crippen LogP contribution in [0.1, 0.15) is 66.2 Å². The third kappa shape index (κ3) is 1.91. The maximum Gasteiger partial charge on any atom is 0.137 e. The molecule has 2 bridgehead atoms. The number of hydrogen-bond acceptors (Lipinski definition) is 3. The fourth-order valence-corrected chi connectivity index (χ4v) is 6.26. The van der Waals surface area contributed by atoms with E-state index in [1.807, 2.05) is 6.92 Å². The molecule has 7 atom stereocenters. The van der Waals surface area contributed by atoms with E-state index in [-0.39, 0.29) is 29.3 Å². The second-order valence-corrected chi connectivity index (χ2v) is 9.12.